The van der Waals surface area contributed by atoms with Crippen LogP contribution in [-0.2, 0) is 6.42 Å². The van der Waals surface area contributed by atoms with E-state index in [9.17, 15) is 5.11 Å². The van der Waals surface area contributed by atoms with Gasteiger partial charge in [-0.05, 0) is 37.4 Å². The summed E-state index contributed by atoms with van der Waals surface area (Å²) < 4.78 is 5.46. The Bertz CT molecular complexity index is 378. The second-order valence-electron chi connectivity index (χ2n) is 4.92. The molecule has 0 aliphatic heterocycles. The summed E-state index contributed by atoms with van der Waals surface area (Å²) in [4.78, 5) is 0. The smallest absolute Gasteiger partial charge is 0.122 e. The van der Waals surface area contributed by atoms with Gasteiger partial charge in [-0.3, -0.25) is 0 Å². The van der Waals surface area contributed by atoms with Crippen LogP contribution in [0.25, 0.3) is 0 Å². The first-order chi connectivity index (χ1) is 8.81. The van der Waals surface area contributed by atoms with Gasteiger partial charge in [-0.15, -0.1) is 0 Å². The Hall–Kier alpha value is -1.06. The van der Waals surface area contributed by atoms with Crippen LogP contribution in [0.1, 0.15) is 36.8 Å². The molecule has 2 rings (SSSR count). The van der Waals surface area contributed by atoms with Crippen molar-refractivity contribution in [1.29, 1.82) is 0 Å². The average Bonchev–Trinajstić information content (AvgIpc) is 2.43. The first-order valence-electron chi connectivity index (χ1n) is 6.81. The van der Waals surface area contributed by atoms with Gasteiger partial charge < -0.3 is 15.2 Å². The van der Waals surface area contributed by atoms with Crippen molar-refractivity contribution in [3.05, 3.63) is 29.3 Å². The predicted octanol–water partition coefficient (Wildman–Crippen LogP) is 2.09. The molecule has 0 heterocycles. The molecule has 0 bridgehead atoms. The van der Waals surface area contributed by atoms with Crippen molar-refractivity contribution in [3.8, 4) is 5.75 Å². The van der Waals surface area contributed by atoms with Crippen LogP contribution in [0.15, 0.2) is 18.2 Å². The zero-order valence-electron chi connectivity index (χ0n) is 11.3. The minimum atomic E-state index is 0.149. The predicted molar refractivity (Wildman–Crippen MR) is 73.2 cm³/mol. The number of methoxy groups -OCH3 is 1. The minimum Gasteiger partial charge on any atom is -0.496 e. The molecule has 0 radical (unpaired) electrons. The highest BCUT2D eigenvalue weighted by Gasteiger charge is 2.30. The third-order valence-corrected chi connectivity index (χ3v) is 3.81. The number of ether oxygens (including phenoxy) is 1. The molecule has 1 aliphatic carbocycles. The number of fused-ring (bicyclic) bond motifs is 1. The van der Waals surface area contributed by atoms with Crippen molar-refractivity contribution in [1.82, 2.24) is 5.32 Å². The molecule has 1 aromatic rings. The second kappa shape index (κ2) is 6.21. The Morgan fingerprint density at radius 2 is 2.28 bits per heavy atom. The van der Waals surface area contributed by atoms with Crippen molar-refractivity contribution in [3.63, 3.8) is 0 Å². The summed E-state index contributed by atoms with van der Waals surface area (Å²) in [5.74, 6) is 1.06. The molecule has 2 atom stereocenters. The molecule has 0 fully saturated rings. The lowest BCUT2D eigenvalue weighted by atomic mass is 9.79. The van der Waals surface area contributed by atoms with Crippen molar-refractivity contribution in [2.75, 3.05) is 20.3 Å². The van der Waals surface area contributed by atoms with E-state index in [4.69, 9.17) is 4.74 Å². The molecule has 0 amide bonds. The number of aliphatic hydroxyl groups is 1. The second-order valence-corrected chi connectivity index (χ2v) is 4.92. The molecular weight excluding hydrogens is 226 g/mol. The summed E-state index contributed by atoms with van der Waals surface area (Å²) in [5.41, 5.74) is 2.52. The summed E-state index contributed by atoms with van der Waals surface area (Å²) in [6, 6.07) is 6.53. The SMILES string of the molecule is CCCN[C@@H]1CCc2cccc(OC)c2[C@@H]1CO. The first kappa shape index (κ1) is 13.4. The zero-order valence-corrected chi connectivity index (χ0v) is 11.3. The van der Waals surface area contributed by atoms with Gasteiger partial charge in [0.05, 0.1) is 13.7 Å². The lowest BCUT2D eigenvalue weighted by Gasteiger charge is -2.34. The number of hydrogen-bond acceptors (Lipinski definition) is 3. The zero-order chi connectivity index (χ0) is 13.0. The summed E-state index contributed by atoms with van der Waals surface area (Å²) in [6.07, 6.45) is 3.27. The standard InChI is InChI=1S/C15H23NO2/c1-3-9-16-13-8-7-11-5-4-6-14(18-2)15(11)12(13)10-17/h4-6,12-13,16-17H,3,7-10H2,1-2H3/t12-,13-/m1/s1. The summed E-state index contributed by atoms with van der Waals surface area (Å²) in [5, 5.41) is 13.3. The number of benzene rings is 1. The maximum absolute atomic E-state index is 9.73. The first-order valence-corrected chi connectivity index (χ1v) is 6.81. The van der Waals surface area contributed by atoms with Crippen LogP contribution in [-0.4, -0.2) is 31.4 Å². The number of aliphatic hydroxyl groups excluding tert-OH is 1. The Morgan fingerprint density at radius 3 is 2.94 bits per heavy atom. The molecule has 0 saturated heterocycles. The van der Waals surface area contributed by atoms with Crippen LogP contribution in [0.3, 0.4) is 0 Å². The van der Waals surface area contributed by atoms with Crippen molar-refractivity contribution < 1.29 is 9.84 Å². The van der Waals surface area contributed by atoms with Gasteiger partial charge in [-0.1, -0.05) is 19.1 Å². The van der Waals surface area contributed by atoms with Crippen molar-refractivity contribution >= 4 is 0 Å². The number of rotatable bonds is 5. The van der Waals surface area contributed by atoms with E-state index in [1.165, 1.54) is 11.1 Å². The van der Waals surface area contributed by atoms with Crippen LogP contribution in [0, 0.1) is 0 Å². The van der Waals surface area contributed by atoms with E-state index >= 15 is 0 Å². The Kier molecular flexibility index (Phi) is 4.61. The summed E-state index contributed by atoms with van der Waals surface area (Å²) >= 11 is 0. The van der Waals surface area contributed by atoms with Crippen LogP contribution in [0.4, 0.5) is 0 Å². The molecule has 1 aliphatic rings. The molecule has 0 unspecified atom stereocenters. The van der Waals surface area contributed by atoms with Crippen molar-refractivity contribution in [2.45, 2.75) is 38.1 Å². The van der Waals surface area contributed by atoms with E-state index in [0.29, 0.717) is 6.04 Å². The van der Waals surface area contributed by atoms with E-state index in [1.807, 2.05) is 12.1 Å². The molecule has 3 nitrogen and oxygen atoms in total. The minimum absolute atomic E-state index is 0.149. The van der Waals surface area contributed by atoms with Crippen molar-refractivity contribution in [2.24, 2.45) is 0 Å². The van der Waals surface area contributed by atoms with Gasteiger partial charge in [0.1, 0.15) is 5.75 Å². The third kappa shape index (κ3) is 2.52. The lowest BCUT2D eigenvalue weighted by Crippen LogP contribution is -2.40. The molecule has 18 heavy (non-hydrogen) atoms. The van der Waals surface area contributed by atoms with Crippen LogP contribution < -0.4 is 10.1 Å². The van der Waals surface area contributed by atoms with Gasteiger partial charge in [0, 0.05) is 17.5 Å². The summed E-state index contributed by atoms with van der Waals surface area (Å²) in [6.45, 7) is 3.35. The van der Waals surface area contributed by atoms with Gasteiger partial charge >= 0.3 is 0 Å². The highest BCUT2D eigenvalue weighted by Crippen LogP contribution is 2.37. The van der Waals surface area contributed by atoms with Gasteiger partial charge in [0.25, 0.3) is 0 Å². The van der Waals surface area contributed by atoms with E-state index < -0.39 is 0 Å². The maximum atomic E-state index is 9.73. The van der Waals surface area contributed by atoms with Crippen LogP contribution in [0.2, 0.25) is 0 Å². The largest absolute Gasteiger partial charge is 0.496 e. The lowest BCUT2D eigenvalue weighted by molar-refractivity contribution is 0.220. The molecule has 0 saturated carbocycles. The number of nitrogens with one attached hydrogen (secondary N) is 1. The Morgan fingerprint density at radius 1 is 1.44 bits per heavy atom. The fourth-order valence-corrected chi connectivity index (χ4v) is 2.91. The highest BCUT2D eigenvalue weighted by molar-refractivity contribution is 5.45. The van der Waals surface area contributed by atoms with Gasteiger partial charge in [-0.2, -0.15) is 0 Å². The fourth-order valence-electron chi connectivity index (χ4n) is 2.91. The van der Waals surface area contributed by atoms with Gasteiger partial charge in [0.2, 0.25) is 0 Å². The summed E-state index contributed by atoms with van der Waals surface area (Å²) in [7, 11) is 1.70. The third-order valence-electron chi connectivity index (χ3n) is 3.81. The number of aryl methyl sites for hydroxylation is 1. The molecule has 2 N–H and O–H groups in total. The highest BCUT2D eigenvalue weighted by atomic mass is 16.5. The van der Waals surface area contributed by atoms with Gasteiger partial charge in [0.15, 0.2) is 0 Å². The van der Waals surface area contributed by atoms with E-state index in [2.05, 4.69) is 18.3 Å². The molecule has 100 valence electrons. The monoisotopic (exact) mass is 249 g/mol. The Balaban J connectivity index is 2.29. The average molecular weight is 249 g/mol. The normalized spacial score (nSPS) is 22.6. The quantitative estimate of drug-likeness (QED) is 0.839. The van der Waals surface area contributed by atoms with Crippen LogP contribution >= 0.6 is 0 Å². The maximum Gasteiger partial charge on any atom is 0.122 e. The molecule has 0 aromatic heterocycles. The molecule has 1 aromatic carbocycles. The number of hydrogen-bond donors (Lipinski definition) is 2. The van der Waals surface area contributed by atoms with E-state index in [-0.39, 0.29) is 12.5 Å². The fraction of sp³-hybridized carbons (Fsp3) is 0.600. The van der Waals surface area contributed by atoms with Gasteiger partial charge in [-0.25, -0.2) is 0 Å². The van der Waals surface area contributed by atoms with E-state index in [0.717, 1.165) is 31.6 Å². The van der Waals surface area contributed by atoms with E-state index in [1.54, 1.807) is 7.11 Å². The Labute approximate surface area is 109 Å². The topological polar surface area (TPSA) is 41.5 Å². The van der Waals surface area contributed by atoms with Crippen LogP contribution in [0.5, 0.6) is 5.75 Å². The molecular formula is C15H23NO2. The molecule has 3 heteroatoms. The molecule has 0 spiro atoms.